The third-order valence-electron chi connectivity index (χ3n) is 6.53. The highest BCUT2D eigenvalue weighted by Gasteiger charge is 2.45. The van der Waals surface area contributed by atoms with Gasteiger partial charge in [0.1, 0.15) is 0 Å². The molecule has 0 radical (unpaired) electrons. The number of hydrogen-bond acceptors (Lipinski definition) is 7. The second-order valence-corrected chi connectivity index (χ2v) is 9.42. The van der Waals surface area contributed by atoms with Gasteiger partial charge < -0.3 is 23.7 Å². The molecule has 1 N–H and O–H groups in total. The predicted octanol–water partition coefficient (Wildman–Crippen LogP) is 6.59. The molecule has 1 aliphatic rings. The Morgan fingerprint density at radius 2 is 1.79 bits per heavy atom. The minimum absolute atomic E-state index is 0.0751. The number of ether oxygens (including phenoxy) is 3. The number of halogens is 1. The zero-order valence-corrected chi connectivity index (χ0v) is 22.5. The second kappa shape index (κ2) is 10.4. The second-order valence-electron chi connectivity index (χ2n) is 8.99. The number of furan rings is 1. The number of fused-ring (bicyclic) bond motifs is 1. The molecule has 0 bridgehead atoms. The molecule has 8 nitrogen and oxygen atoms in total. The van der Waals surface area contributed by atoms with E-state index < -0.39 is 23.5 Å². The standard InChI is InChI=1S/C30H26ClNO7/c1-5-38-21-10-9-17(13-22(21)36-3)26-25(28(34)30(35)32(26)20-8-6-7-16(2)11-20)27(33)23-14-18-12-19(31)15-24(37-4)29(18)39-23/h6-15,26,34H,5H2,1-4H3. The summed E-state index contributed by atoms with van der Waals surface area (Å²) in [5.41, 5.74) is 2.16. The maximum absolute atomic E-state index is 14.0. The lowest BCUT2D eigenvalue weighted by Crippen LogP contribution is -2.31. The van der Waals surface area contributed by atoms with E-state index in [-0.39, 0.29) is 11.3 Å². The van der Waals surface area contributed by atoms with E-state index in [0.717, 1.165) is 5.56 Å². The van der Waals surface area contributed by atoms with Gasteiger partial charge in [0.05, 0.1) is 32.4 Å². The zero-order valence-electron chi connectivity index (χ0n) is 21.8. The van der Waals surface area contributed by atoms with Crippen LogP contribution in [0.1, 0.15) is 34.6 Å². The smallest absolute Gasteiger partial charge is 0.294 e. The van der Waals surface area contributed by atoms with Crippen LogP contribution in [0.4, 0.5) is 5.69 Å². The number of rotatable bonds is 8. The van der Waals surface area contributed by atoms with Crippen LogP contribution < -0.4 is 19.1 Å². The maximum atomic E-state index is 14.0. The van der Waals surface area contributed by atoms with E-state index in [1.807, 2.05) is 26.0 Å². The number of hydrogen-bond donors (Lipinski definition) is 1. The molecule has 1 aromatic heterocycles. The monoisotopic (exact) mass is 547 g/mol. The zero-order chi connectivity index (χ0) is 27.8. The molecule has 0 fully saturated rings. The first-order valence-corrected chi connectivity index (χ1v) is 12.6. The van der Waals surface area contributed by atoms with E-state index in [1.54, 1.807) is 42.5 Å². The Bertz CT molecular complexity index is 1640. The number of anilines is 1. The normalized spacial score (nSPS) is 15.3. The molecule has 0 saturated heterocycles. The fourth-order valence-electron chi connectivity index (χ4n) is 4.81. The number of ketones is 1. The number of nitrogens with zero attached hydrogens (tertiary/aromatic N) is 1. The molecule has 3 aromatic carbocycles. The van der Waals surface area contributed by atoms with E-state index >= 15 is 0 Å². The molecular weight excluding hydrogens is 522 g/mol. The van der Waals surface area contributed by atoms with E-state index in [2.05, 4.69) is 0 Å². The van der Waals surface area contributed by atoms with Crippen molar-refractivity contribution in [2.75, 3.05) is 25.7 Å². The van der Waals surface area contributed by atoms with Crippen LogP contribution in [-0.2, 0) is 4.79 Å². The Hall–Kier alpha value is -4.43. The van der Waals surface area contributed by atoms with Crippen molar-refractivity contribution in [2.24, 2.45) is 0 Å². The number of aliphatic hydroxyl groups excluding tert-OH is 1. The van der Waals surface area contributed by atoms with E-state index in [9.17, 15) is 14.7 Å². The van der Waals surface area contributed by atoms with Crippen molar-refractivity contribution in [3.63, 3.8) is 0 Å². The van der Waals surface area contributed by atoms with Crippen LogP contribution in [-0.4, -0.2) is 37.6 Å². The van der Waals surface area contributed by atoms with Crippen LogP contribution >= 0.6 is 11.6 Å². The number of Topliss-reactive ketones (excluding diaryl/α,β-unsaturated/α-hetero) is 1. The molecule has 1 amide bonds. The summed E-state index contributed by atoms with van der Waals surface area (Å²) in [4.78, 5) is 28.9. The van der Waals surface area contributed by atoms with Gasteiger partial charge in [-0.05, 0) is 61.4 Å². The molecule has 2 heterocycles. The SMILES string of the molecule is CCOc1ccc(C2C(C(=O)c3cc4cc(Cl)cc(OC)c4o3)=C(O)C(=O)N2c2cccc(C)c2)cc1OC. The summed E-state index contributed by atoms with van der Waals surface area (Å²) in [5.74, 6) is -0.809. The van der Waals surface area contributed by atoms with E-state index in [4.69, 9.17) is 30.2 Å². The molecule has 9 heteroatoms. The Balaban J connectivity index is 1.68. The number of methoxy groups -OCH3 is 2. The summed E-state index contributed by atoms with van der Waals surface area (Å²) < 4.78 is 22.4. The van der Waals surface area contributed by atoms with Gasteiger partial charge in [-0.2, -0.15) is 0 Å². The lowest BCUT2D eigenvalue weighted by Gasteiger charge is -2.27. The summed E-state index contributed by atoms with van der Waals surface area (Å²) in [6.07, 6.45) is 0. The molecule has 39 heavy (non-hydrogen) atoms. The molecule has 0 spiro atoms. The van der Waals surface area contributed by atoms with Gasteiger partial charge in [0, 0.05) is 22.2 Å². The van der Waals surface area contributed by atoms with Crippen LogP contribution in [0.2, 0.25) is 5.02 Å². The van der Waals surface area contributed by atoms with Gasteiger partial charge in [-0.1, -0.05) is 29.8 Å². The Labute approximate surface area is 229 Å². The molecule has 0 aliphatic carbocycles. The van der Waals surface area contributed by atoms with Crippen LogP contribution in [0, 0.1) is 6.92 Å². The average molecular weight is 548 g/mol. The number of carbonyl (C=O) groups excluding carboxylic acids is 2. The summed E-state index contributed by atoms with van der Waals surface area (Å²) in [6.45, 7) is 4.18. The molecule has 0 saturated carbocycles. The molecule has 1 aliphatic heterocycles. The van der Waals surface area contributed by atoms with Crippen molar-refractivity contribution in [1.82, 2.24) is 0 Å². The topological polar surface area (TPSA) is 98.4 Å². The molecule has 200 valence electrons. The lowest BCUT2D eigenvalue weighted by atomic mass is 9.94. The fourth-order valence-corrected chi connectivity index (χ4v) is 5.02. The van der Waals surface area contributed by atoms with Gasteiger partial charge in [0.25, 0.3) is 5.91 Å². The highest BCUT2D eigenvalue weighted by atomic mass is 35.5. The van der Waals surface area contributed by atoms with E-state index in [1.165, 1.54) is 25.2 Å². The Morgan fingerprint density at radius 3 is 2.49 bits per heavy atom. The van der Waals surface area contributed by atoms with Gasteiger partial charge >= 0.3 is 0 Å². The first kappa shape index (κ1) is 26.2. The van der Waals surface area contributed by atoms with Crippen LogP contribution in [0.5, 0.6) is 17.2 Å². The summed E-state index contributed by atoms with van der Waals surface area (Å²) in [7, 11) is 2.97. The van der Waals surface area contributed by atoms with Crippen LogP contribution in [0.3, 0.4) is 0 Å². The highest BCUT2D eigenvalue weighted by molar-refractivity contribution is 6.31. The third-order valence-corrected chi connectivity index (χ3v) is 6.74. The van der Waals surface area contributed by atoms with Gasteiger partial charge in [-0.25, -0.2) is 0 Å². The quantitative estimate of drug-likeness (QED) is 0.248. The molecular formula is C30H26ClNO7. The number of aryl methyl sites for hydroxylation is 1. The van der Waals surface area contributed by atoms with Crippen LogP contribution in [0.15, 0.2) is 76.4 Å². The van der Waals surface area contributed by atoms with Crippen molar-refractivity contribution < 1.29 is 33.3 Å². The molecule has 5 rings (SSSR count). The fraction of sp³-hybridized carbons (Fsp3) is 0.200. The van der Waals surface area contributed by atoms with Gasteiger partial charge in [-0.15, -0.1) is 0 Å². The van der Waals surface area contributed by atoms with Crippen molar-refractivity contribution >= 4 is 39.9 Å². The number of amides is 1. The summed E-state index contributed by atoms with van der Waals surface area (Å²) in [6, 6.07) is 16.2. The minimum Gasteiger partial charge on any atom is -0.503 e. The molecule has 4 aromatic rings. The van der Waals surface area contributed by atoms with Crippen molar-refractivity contribution in [3.05, 3.63) is 93.9 Å². The third kappa shape index (κ3) is 4.57. The van der Waals surface area contributed by atoms with Crippen molar-refractivity contribution in [3.8, 4) is 17.2 Å². The van der Waals surface area contributed by atoms with Gasteiger partial charge in [0.2, 0.25) is 5.78 Å². The Morgan fingerprint density at radius 1 is 1.03 bits per heavy atom. The van der Waals surface area contributed by atoms with Gasteiger partial charge in [-0.3, -0.25) is 14.5 Å². The first-order chi connectivity index (χ1) is 18.8. The van der Waals surface area contributed by atoms with Crippen LogP contribution in [0.25, 0.3) is 11.0 Å². The minimum atomic E-state index is -0.977. The Kier molecular flexibility index (Phi) is 6.97. The summed E-state index contributed by atoms with van der Waals surface area (Å²) >= 11 is 6.20. The predicted molar refractivity (Wildman–Crippen MR) is 147 cm³/mol. The molecule has 1 unspecified atom stereocenters. The average Bonchev–Trinajstić information content (AvgIpc) is 3.47. The number of benzene rings is 3. The number of carbonyl (C=O) groups is 2. The van der Waals surface area contributed by atoms with Crippen molar-refractivity contribution in [2.45, 2.75) is 19.9 Å². The number of aliphatic hydroxyl groups is 1. The van der Waals surface area contributed by atoms with Crippen molar-refractivity contribution in [1.29, 1.82) is 0 Å². The largest absolute Gasteiger partial charge is 0.503 e. The van der Waals surface area contributed by atoms with E-state index in [0.29, 0.717) is 51.1 Å². The van der Waals surface area contributed by atoms with Gasteiger partial charge in [0.15, 0.2) is 34.4 Å². The molecule has 1 atom stereocenters. The maximum Gasteiger partial charge on any atom is 0.294 e. The summed E-state index contributed by atoms with van der Waals surface area (Å²) in [5, 5.41) is 12.1. The highest BCUT2D eigenvalue weighted by Crippen LogP contribution is 2.45. The first-order valence-electron chi connectivity index (χ1n) is 12.2. The lowest BCUT2D eigenvalue weighted by molar-refractivity contribution is -0.117.